The van der Waals surface area contributed by atoms with Gasteiger partial charge in [-0.25, -0.2) is 4.98 Å². The highest BCUT2D eigenvalue weighted by Crippen LogP contribution is 2.21. The number of halogens is 1. The van der Waals surface area contributed by atoms with Crippen molar-refractivity contribution in [3.63, 3.8) is 0 Å². The summed E-state index contributed by atoms with van der Waals surface area (Å²) < 4.78 is 0. The van der Waals surface area contributed by atoms with Gasteiger partial charge >= 0.3 is 0 Å². The average Bonchev–Trinajstić information content (AvgIpc) is 2.47. The van der Waals surface area contributed by atoms with E-state index < -0.39 is 0 Å². The van der Waals surface area contributed by atoms with Crippen molar-refractivity contribution in [1.29, 1.82) is 0 Å². The first-order valence-electron chi connectivity index (χ1n) is 3.79. The van der Waals surface area contributed by atoms with E-state index in [1.807, 2.05) is 0 Å². The summed E-state index contributed by atoms with van der Waals surface area (Å²) in [5, 5.41) is 11.8. The second kappa shape index (κ2) is 2.97. The fraction of sp³-hybridized carbons (Fsp3) is 0.250. The molecule has 0 atom stereocenters. The number of carbonyl (C=O) groups excluding carboxylic acids is 1. The summed E-state index contributed by atoms with van der Waals surface area (Å²) in [6.07, 6.45) is 0. The third-order valence-corrected chi connectivity index (χ3v) is 2.19. The monoisotopic (exact) mass is 198 g/mol. The maximum Gasteiger partial charge on any atom is 0.252 e. The molecular formula is C8H7ClN2O2. The minimum atomic E-state index is -0.197. The molecule has 0 saturated carbocycles. The molecular weight excluding hydrogens is 192 g/mol. The predicted octanol–water partition coefficient (Wildman–Crippen LogP) is 0.471. The number of nitrogens with one attached hydrogen (secondary N) is 1. The zero-order chi connectivity index (χ0) is 9.42. The number of fused-ring (bicyclic) bond motifs is 1. The molecule has 0 spiro atoms. The van der Waals surface area contributed by atoms with Crippen LogP contribution in [-0.2, 0) is 13.2 Å². The number of hydrogen-bond donors (Lipinski definition) is 2. The van der Waals surface area contributed by atoms with Crippen LogP contribution < -0.4 is 5.32 Å². The van der Waals surface area contributed by atoms with Gasteiger partial charge in [-0.1, -0.05) is 11.6 Å². The van der Waals surface area contributed by atoms with Crippen molar-refractivity contribution in [2.45, 2.75) is 13.2 Å². The van der Waals surface area contributed by atoms with Crippen LogP contribution in [0.4, 0.5) is 0 Å². The fourth-order valence-electron chi connectivity index (χ4n) is 1.38. The van der Waals surface area contributed by atoms with Gasteiger partial charge in [0.15, 0.2) is 0 Å². The maximum atomic E-state index is 11.2. The summed E-state index contributed by atoms with van der Waals surface area (Å²) in [6.45, 7) is 0.228. The van der Waals surface area contributed by atoms with Crippen LogP contribution in [0.1, 0.15) is 21.6 Å². The molecule has 0 radical (unpaired) electrons. The van der Waals surface area contributed by atoms with Gasteiger partial charge in [0, 0.05) is 17.7 Å². The molecule has 0 bridgehead atoms. The molecule has 2 N–H and O–H groups in total. The smallest absolute Gasteiger partial charge is 0.252 e. The molecule has 1 aromatic rings. The maximum absolute atomic E-state index is 11.2. The molecule has 0 saturated heterocycles. The molecule has 1 aliphatic rings. The molecule has 4 nitrogen and oxygen atoms in total. The van der Waals surface area contributed by atoms with Crippen molar-refractivity contribution in [2.24, 2.45) is 0 Å². The van der Waals surface area contributed by atoms with E-state index in [2.05, 4.69) is 10.3 Å². The lowest BCUT2D eigenvalue weighted by molar-refractivity contribution is 0.0965. The normalized spacial score (nSPS) is 14.2. The van der Waals surface area contributed by atoms with E-state index >= 15 is 0 Å². The molecule has 0 aliphatic carbocycles. The van der Waals surface area contributed by atoms with Crippen LogP contribution in [0.5, 0.6) is 0 Å². The van der Waals surface area contributed by atoms with E-state index in [9.17, 15) is 4.79 Å². The number of nitrogens with zero attached hydrogens (tertiary/aromatic N) is 1. The molecule has 1 aromatic heterocycles. The number of amides is 1. The highest BCUT2D eigenvalue weighted by Gasteiger charge is 2.22. The van der Waals surface area contributed by atoms with Crippen molar-refractivity contribution < 1.29 is 9.90 Å². The van der Waals surface area contributed by atoms with Gasteiger partial charge in [0.1, 0.15) is 5.15 Å². The van der Waals surface area contributed by atoms with Crippen LogP contribution in [0.2, 0.25) is 5.15 Å². The first-order valence-corrected chi connectivity index (χ1v) is 4.17. The Morgan fingerprint density at radius 2 is 2.46 bits per heavy atom. The fourth-order valence-corrected chi connectivity index (χ4v) is 1.60. The molecule has 5 heteroatoms. The third kappa shape index (κ3) is 1.28. The van der Waals surface area contributed by atoms with Crippen LogP contribution in [0.15, 0.2) is 6.07 Å². The van der Waals surface area contributed by atoms with Gasteiger partial charge in [-0.2, -0.15) is 0 Å². The third-order valence-electron chi connectivity index (χ3n) is 2.00. The SMILES string of the molecule is O=C1NCc2c1cc(Cl)nc2CO. The average molecular weight is 199 g/mol. The van der Waals surface area contributed by atoms with Crippen molar-refractivity contribution in [2.75, 3.05) is 0 Å². The predicted molar refractivity (Wildman–Crippen MR) is 46.3 cm³/mol. The van der Waals surface area contributed by atoms with Crippen LogP contribution in [0, 0.1) is 0 Å². The summed E-state index contributed by atoms with van der Waals surface area (Å²) in [7, 11) is 0. The number of carbonyl (C=O) groups is 1. The molecule has 2 heterocycles. The van der Waals surface area contributed by atoms with Crippen molar-refractivity contribution in [1.82, 2.24) is 10.3 Å². The molecule has 13 heavy (non-hydrogen) atoms. The van der Waals surface area contributed by atoms with Gasteiger partial charge in [-0.15, -0.1) is 0 Å². The minimum Gasteiger partial charge on any atom is -0.390 e. The molecule has 0 fully saturated rings. The number of hydrogen-bond acceptors (Lipinski definition) is 3. The van der Waals surface area contributed by atoms with Gasteiger partial charge < -0.3 is 10.4 Å². The Bertz CT molecular complexity index is 379. The Morgan fingerprint density at radius 3 is 3.15 bits per heavy atom. The van der Waals surface area contributed by atoms with Crippen molar-refractivity contribution in [3.05, 3.63) is 28.0 Å². The number of aliphatic hydroxyl groups is 1. The van der Waals surface area contributed by atoms with E-state index in [1.54, 1.807) is 0 Å². The van der Waals surface area contributed by atoms with E-state index in [0.717, 1.165) is 5.56 Å². The van der Waals surface area contributed by atoms with E-state index in [1.165, 1.54) is 6.07 Å². The lowest BCUT2D eigenvalue weighted by atomic mass is 10.1. The van der Waals surface area contributed by atoms with Gasteiger partial charge in [-0.3, -0.25) is 4.79 Å². The quantitative estimate of drug-likeness (QED) is 0.645. The first kappa shape index (κ1) is 8.47. The van der Waals surface area contributed by atoms with Gasteiger partial charge in [0.2, 0.25) is 0 Å². The summed E-state index contributed by atoms with van der Waals surface area (Å²) in [6, 6.07) is 1.51. The second-order valence-electron chi connectivity index (χ2n) is 2.76. The highest BCUT2D eigenvalue weighted by atomic mass is 35.5. The van der Waals surface area contributed by atoms with E-state index in [-0.39, 0.29) is 17.7 Å². The lowest BCUT2D eigenvalue weighted by Gasteiger charge is -2.02. The van der Waals surface area contributed by atoms with E-state index in [4.69, 9.17) is 16.7 Å². The van der Waals surface area contributed by atoms with Crippen LogP contribution in [0.25, 0.3) is 0 Å². The zero-order valence-electron chi connectivity index (χ0n) is 6.67. The van der Waals surface area contributed by atoms with Crippen molar-refractivity contribution in [3.8, 4) is 0 Å². The van der Waals surface area contributed by atoms with Gasteiger partial charge in [0.05, 0.1) is 12.3 Å². The molecule has 1 aliphatic heterocycles. The Balaban J connectivity index is 2.63. The summed E-state index contributed by atoms with van der Waals surface area (Å²) in [5.74, 6) is -0.158. The largest absolute Gasteiger partial charge is 0.390 e. The van der Waals surface area contributed by atoms with Crippen LogP contribution in [0.3, 0.4) is 0 Å². The lowest BCUT2D eigenvalue weighted by Crippen LogP contribution is -2.12. The van der Waals surface area contributed by atoms with Crippen molar-refractivity contribution >= 4 is 17.5 Å². The standard InChI is InChI=1S/C8H7ClN2O2/c9-7-1-4-5(2-10-8(4)13)6(3-12)11-7/h1,12H,2-3H2,(H,10,13). The summed E-state index contributed by atoms with van der Waals surface area (Å²) in [5.41, 5.74) is 1.74. The summed E-state index contributed by atoms with van der Waals surface area (Å²) >= 11 is 5.67. The number of aromatic nitrogens is 1. The van der Waals surface area contributed by atoms with Gasteiger partial charge in [-0.05, 0) is 6.07 Å². The molecule has 0 aromatic carbocycles. The Morgan fingerprint density at radius 1 is 1.69 bits per heavy atom. The number of pyridine rings is 1. The highest BCUT2D eigenvalue weighted by molar-refractivity contribution is 6.29. The molecule has 2 rings (SSSR count). The first-order chi connectivity index (χ1) is 6.22. The van der Waals surface area contributed by atoms with Gasteiger partial charge in [0.25, 0.3) is 5.91 Å². The second-order valence-corrected chi connectivity index (χ2v) is 3.15. The van der Waals surface area contributed by atoms with Crippen LogP contribution >= 0.6 is 11.6 Å². The number of aliphatic hydroxyl groups excluding tert-OH is 1. The van der Waals surface area contributed by atoms with E-state index in [0.29, 0.717) is 17.8 Å². The Labute approximate surface area is 79.5 Å². The summed E-state index contributed by atoms with van der Waals surface area (Å²) in [4.78, 5) is 15.1. The molecule has 68 valence electrons. The Kier molecular flexibility index (Phi) is 1.94. The van der Waals surface area contributed by atoms with Crippen LogP contribution in [-0.4, -0.2) is 16.0 Å². The minimum absolute atomic E-state index is 0.158. The molecule has 0 unspecified atom stereocenters. The Hall–Kier alpha value is -1.13. The topological polar surface area (TPSA) is 62.2 Å². The number of rotatable bonds is 1. The zero-order valence-corrected chi connectivity index (χ0v) is 7.43. The molecule has 1 amide bonds.